The van der Waals surface area contributed by atoms with Crippen molar-refractivity contribution in [2.45, 2.75) is 65.8 Å². The van der Waals surface area contributed by atoms with E-state index in [-0.39, 0.29) is 0 Å². The molecule has 24 heavy (non-hydrogen) atoms. The van der Waals surface area contributed by atoms with Crippen LogP contribution < -0.4 is 0 Å². The van der Waals surface area contributed by atoms with E-state index in [1.807, 2.05) is 0 Å². The summed E-state index contributed by atoms with van der Waals surface area (Å²) in [6.45, 7) is 12.2. The minimum absolute atomic E-state index is 1.20. The second-order valence-corrected chi connectivity index (χ2v) is 7.41. The molecule has 0 radical (unpaired) electrons. The van der Waals surface area contributed by atoms with E-state index in [4.69, 9.17) is 0 Å². The van der Waals surface area contributed by atoms with Gasteiger partial charge >= 0.3 is 0 Å². The molecule has 0 unspecified atom stereocenters. The molecule has 1 nitrogen and oxygen atoms in total. The molecule has 1 heteroatoms. The molecular formula is C23H36N+. The van der Waals surface area contributed by atoms with Crippen molar-refractivity contribution in [1.29, 1.82) is 0 Å². The van der Waals surface area contributed by atoms with Crippen molar-refractivity contribution in [2.75, 3.05) is 19.6 Å². The number of hydrogen-bond acceptors (Lipinski definition) is 0. The second kappa shape index (κ2) is 9.84. The zero-order valence-electron chi connectivity index (χ0n) is 16.1. The molecule has 0 aliphatic heterocycles. The fourth-order valence-corrected chi connectivity index (χ4v) is 3.78. The molecule has 0 amide bonds. The lowest BCUT2D eigenvalue weighted by Crippen LogP contribution is -2.49. The highest BCUT2D eigenvalue weighted by molar-refractivity contribution is 5.82. The van der Waals surface area contributed by atoms with Crippen LogP contribution in [0.3, 0.4) is 0 Å². The lowest BCUT2D eigenvalue weighted by molar-refractivity contribution is -0.941. The van der Waals surface area contributed by atoms with E-state index in [0.29, 0.717) is 0 Å². The number of quaternary nitrogens is 1. The van der Waals surface area contributed by atoms with Gasteiger partial charge in [-0.05, 0) is 36.1 Å². The van der Waals surface area contributed by atoms with E-state index in [0.717, 1.165) is 0 Å². The van der Waals surface area contributed by atoms with Gasteiger partial charge in [0.15, 0.2) is 0 Å². The van der Waals surface area contributed by atoms with Crippen molar-refractivity contribution in [1.82, 2.24) is 0 Å². The van der Waals surface area contributed by atoms with Gasteiger partial charge in [0.2, 0.25) is 0 Å². The Hall–Kier alpha value is -1.34. The first-order chi connectivity index (χ1) is 11.7. The predicted octanol–water partition coefficient (Wildman–Crippen LogP) is 6.56. The van der Waals surface area contributed by atoms with Crippen LogP contribution in [0.4, 0.5) is 0 Å². The molecular weight excluding hydrogens is 290 g/mol. The monoisotopic (exact) mass is 326 g/mol. The van der Waals surface area contributed by atoms with Gasteiger partial charge in [0, 0.05) is 5.56 Å². The van der Waals surface area contributed by atoms with Gasteiger partial charge < -0.3 is 4.48 Å². The van der Waals surface area contributed by atoms with Crippen LogP contribution >= 0.6 is 0 Å². The molecule has 0 saturated carbocycles. The number of hydrogen-bond donors (Lipinski definition) is 0. The Morgan fingerprint density at radius 2 is 1.21 bits per heavy atom. The summed E-state index contributed by atoms with van der Waals surface area (Å²) in [5.41, 5.74) is 1.51. The van der Waals surface area contributed by atoms with E-state index in [9.17, 15) is 0 Å². The summed E-state index contributed by atoms with van der Waals surface area (Å²) in [6.07, 6.45) is 7.95. The normalized spacial score (nSPS) is 12.0. The Balaban J connectivity index is 2.24. The summed E-state index contributed by atoms with van der Waals surface area (Å²) in [4.78, 5) is 0. The van der Waals surface area contributed by atoms with Crippen molar-refractivity contribution >= 4 is 10.8 Å². The van der Waals surface area contributed by atoms with E-state index < -0.39 is 0 Å². The lowest BCUT2D eigenvalue weighted by atomic mass is 10.0. The summed E-state index contributed by atoms with van der Waals surface area (Å²) >= 11 is 0. The maximum atomic E-state index is 2.42. The van der Waals surface area contributed by atoms with Crippen molar-refractivity contribution < 1.29 is 4.48 Å². The van der Waals surface area contributed by atoms with Gasteiger partial charge in [-0.1, -0.05) is 76.4 Å². The Kier molecular flexibility index (Phi) is 7.78. The molecule has 0 aromatic heterocycles. The smallest absolute Gasteiger partial charge is 0.104 e. The number of benzene rings is 2. The third kappa shape index (κ3) is 5.34. The number of fused-ring (bicyclic) bond motifs is 1. The summed E-state index contributed by atoms with van der Waals surface area (Å²) < 4.78 is 1.29. The van der Waals surface area contributed by atoms with Crippen LogP contribution in [-0.2, 0) is 6.54 Å². The Bertz CT molecular complexity index is 580. The minimum Gasteiger partial charge on any atom is -0.320 e. The maximum absolute atomic E-state index is 2.42. The Morgan fingerprint density at radius 3 is 1.75 bits per heavy atom. The highest BCUT2D eigenvalue weighted by Gasteiger charge is 2.26. The molecule has 2 aromatic rings. The second-order valence-electron chi connectivity index (χ2n) is 7.41. The zero-order chi connectivity index (χ0) is 17.3. The van der Waals surface area contributed by atoms with Crippen molar-refractivity contribution in [2.24, 2.45) is 0 Å². The fraction of sp³-hybridized carbons (Fsp3) is 0.565. The molecule has 0 bridgehead atoms. The van der Waals surface area contributed by atoms with Gasteiger partial charge in [-0.3, -0.25) is 0 Å². The van der Waals surface area contributed by atoms with Gasteiger partial charge in [-0.15, -0.1) is 0 Å². The average molecular weight is 327 g/mol. The van der Waals surface area contributed by atoms with Crippen LogP contribution in [0.2, 0.25) is 0 Å². The Labute approximate surface area is 149 Å². The van der Waals surface area contributed by atoms with Crippen LogP contribution in [0, 0.1) is 0 Å². The van der Waals surface area contributed by atoms with E-state index in [1.165, 1.54) is 85.5 Å². The van der Waals surface area contributed by atoms with Crippen molar-refractivity contribution in [3.8, 4) is 0 Å². The maximum Gasteiger partial charge on any atom is 0.104 e. The van der Waals surface area contributed by atoms with Gasteiger partial charge in [0.1, 0.15) is 6.54 Å². The highest BCUT2D eigenvalue weighted by atomic mass is 15.3. The van der Waals surface area contributed by atoms with Gasteiger partial charge in [0.05, 0.1) is 19.6 Å². The molecule has 0 saturated heterocycles. The third-order valence-electron chi connectivity index (χ3n) is 5.29. The minimum atomic E-state index is 1.20. The van der Waals surface area contributed by atoms with Crippen LogP contribution in [0.25, 0.3) is 10.8 Å². The number of rotatable bonds is 11. The zero-order valence-corrected chi connectivity index (χ0v) is 16.1. The number of nitrogens with zero attached hydrogens (tertiary/aromatic N) is 1. The summed E-state index contributed by atoms with van der Waals surface area (Å²) in [7, 11) is 0. The standard InChI is InChI=1S/C23H36N/c1-4-7-16-24(17-8-5-2,18-9-6-3)20-21-14-15-22-12-10-11-13-23(22)19-21/h10-15,19H,4-9,16-18,20H2,1-3H3/q+1. The van der Waals surface area contributed by atoms with Gasteiger partial charge in [-0.25, -0.2) is 0 Å². The first kappa shape index (κ1) is 19.0. The van der Waals surface area contributed by atoms with Gasteiger partial charge in [-0.2, -0.15) is 0 Å². The fourth-order valence-electron chi connectivity index (χ4n) is 3.78. The molecule has 0 fully saturated rings. The van der Waals surface area contributed by atoms with Crippen LogP contribution in [0.1, 0.15) is 64.9 Å². The Morgan fingerprint density at radius 1 is 0.667 bits per heavy atom. The average Bonchev–Trinajstić information content (AvgIpc) is 2.62. The molecule has 0 N–H and O–H groups in total. The van der Waals surface area contributed by atoms with Crippen molar-refractivity contribution in [3.05, 3.63) is 48.0 Å². The molecule has 132 valence electrons. The molecule has 2 aromatic carbocycles. The molecule has 0 spiro atoms. The van der Waals surface area contributed by atoms with Crippen LogP contribution in [-0.4, -0.2) is 24.1 Å². The largest absolute Gasteiger partial charge is 0.320 e. The van der Waals surface area contributed by atoms with E-state index in [2.05, 4.69) is 63.2 Å². The lowest BCUT2D eigenvalue weighted by Gasteiger charge is -2.39. The van der Waals surface area contributed by atoms with E-state index >= 15 is 0 Å². The van der Waals surface area contributed by atoms with Crippen molar-refractivity contribution in [3.63, 3.8) is 0 Å². The molecule has 0 aliphatic rings. The summed E-state index contributed by atoms with van der Waals surface area (Å²) in [5, 5.41) is 2.74. The summed E-state index contributed by atoms with van der Waals surface area (Å²) in [6, 6.07) is 15.8. The molecule has 0 aliphatic carbocycles. The van der Waals surface area contributed by atoms with Crippen LogP contribution in [0.15, 0.2) is 42.5 Å². The quantitative estimate of drug-likeness (QED) is 0.410. The van der Waals surface area contributed by atoms with E-state index in [1.54, 1.807) is 0 Å². The SMILES string of the molecule is CCCC[N+](CCCC)(CCCC)Cc1ccc2ccccc2c1. The highest BCUT2D eigenvalue weighted by Crippen LogP contribution is 2.23. The predicted molar refractivity (Wildman–Crippen MR) is 107 cm³/mol. The first-order valence-electron chi connectivity index (χ1n) is 10.1. The molecule has 0 heterocycles. The summed E-state index contributed by atoms with van der Waals surface area (Å²) in [5.74, 6) is 0. The number of unbranched alkanes of at least 4 members (excludes halogenated alkanes) is 3. The van der Waals surface area contributed by atoms with Crippen LogP contribution in [0.5, 0.6) is 0 Å². The third-order valence-corrected chi connectivity index (χ3v) is 5.29. The molecule has 0 atom stereocenters. The first-order valence-corrected chi connectivity index (χ1v) is 10.1. The topological polar surface area (TPSA) is 0 Å². The molecule has 2 rings (SSSR count). The van der Waals surface area contributed by atoms with Gasteiger partial charge in [0.25, 0.3) is 0 Å².